The first-order chi connectivity index (χ1) is 28.5. The highest BCUT2D eigenvalue weighted by Crippen LogP contribution is 2.47. The molecule has 2 saturated heterocycles. The molecule has 6 amide bonds. The van der Waals surface area contributed by atoms with E-state index >= 15 is 4.79 Å². The fraction of sp³-hybridized carbons (Fsp3) is 0.714. The van der Waals surface area contributed by atoms with Gasteiger partial charge in [-0.3, -0.25) is 33.7 Å². The number of aryl methyl sites for hydroxylation is 1. The van der Waals surface area contributed by atoms with Gasteiger partial charge in [0.2, 0.25) is 27.7 Å². The molecule has 7 aliphatic rings. The van der Waals surface area contributed by atoms with Gasteiger partial charge in [-0.2, -0.15) is 0 Å². The summed E-state index contributed by atoms with van der Waals surface area (Å²) in [5, 5.41) is 5.17. The first-order valence-electron chi connectivity index (χ1n) is 21.7. The van der Waals surface area contributed by atoms with Crippen LogP contribution in [-0.2, 0) is 62.9 Å². The van der Waals surface area contributed by atoms with Crippen LogP contribution in [0.2, 0.25) is 0 Å². The topological polar surface area (TPSA) is 210 Å². The number of benzene rings is 1. The number of hydrogen-bond acceptors (Lipinski definition) is 11. The standard InChI is InChI=1S/C42H58N6O11S/c1-5-27-20-42(27,38(52)45-60(55,56)29-16-17-29)44-34(49)31-19-28-22-47(31)36(51)32(25-11-7-6-8-12-25)43-35(50)33-37(48(33)40(54)59-41(2,3)4)57-18-10-15-24-13-9-14-26-21-46(23-30(24)26)39(53)58-28/h9,13-14,25,27-29,31-33,37H,5-8,10-12,15-23H2,1-4H3,(H,43,50)(H,44,49)(H,45,52)/t27-,28-,31+,32+,33-,37?,42-,48?/m1/s1. The largest absolute Gasteiger partial charge is 0.444 e. The lowest BCUT2D eigenvalue weighted by Crippen LogP contribution is -2.59. The SMILES string of the molecule is CC[C@@H]1C[C@]1(NC(=O)[C@@H]1C[C@@H]2CN1C(=O)[C@H](C1CCCCC1)NC(=O)[C@@H]1C(OCCCc3cccc4c3CN(C4)C(=O)O2)N1C(=O)OC(C)(C)C)C(=O)NS(=O)(=O)C1CC1. The molecule has 0 aromatic heterocycles. The van der Waals surface area contributed by atoms with Gasteiger partial charge in [-0.05, 0) is 94.2 Å². The van der Waals surface area contributed by atoms with E-state index in [1.54, 1.807) is 25.7 Å². The summed E-state index contributed by atoms with van der Waals surface area (Å²) in [6.07, 6.45) is 3.49. The second-order valence-corrected chi connectivity index (χ2v) is 20.6. The molecule has 0 spiro atoms. The second-order valence-electron chi connectivity index (χ2n) is 18.7. The fourth-order valence-corrected chi connectivity index (χ4v) is 11.0. The van der Waals surface area contributed by atoms with E-state index < -0.39 is 92.7 Å². The van der Waals surface area contributed by atoms with Gasteiger partial charge in [0.1, 0.15) is 29.3 Å². The number of fused-ring (bicyclic) bond motifs is 4. The van der Waals surface area contributed by atoms with E-state index in [4.69, 9.17) is 14.2 Å². The van der Waals surface area contributed by atoms with Crippen molar-refractivity contribution in [3.05, 3.63) is 34.9 Å². The second kappa shape index (κ2) is 16.1. The Hall–Kier alpha value is -4.45. The maximum atomic E-state index is 15.0. The molecule has 3 aliphatic carbocycles. The molecule has 7 atom stereocenters. The Kier molecular flexibility index (Phi) is 11.3. The minimum Gasteiger partial charge on any atom is -0.444 e. The predicted octanol–water partition coefficient (Wildman–Crippen LogP) is 2.97. The Balaban J connectivity index is 1.10. The van der Waals surface area contributed by atoms with E-state index in [2.05, 4.69) is 15.4 Å². The van der Waals surface area contributed by atoms with Crippen molar-refractivity contribution in [1.82, 2.24) is 30.1 Å². The summed E-state index contributed by atoms with van der Waals surface area (Å²) in [7, 11) is -3.91. The number of nitrogens with zero attached hydrogens (tertiary/aromatic N) is 3. The number of carbonyl (C=O) groups excluding carboxylic acids is 6. The highest BCUT2D eigenvalue weighted by molar-refractivity contribution is 7.91. The maximum Gasteiger partial charge on any atom is 0.413 e. The van der Waals surface area contributed by atoms with Crippen LogP contribution in [0.4, 0.5) is 9.59 Å². The Morgan fingerprint density at radius 1 is 1.00 bits per heavy atom. The van der Waals surface area contributed by atoms with Gasteiger partial charge in [-0.15, -0.1) is 0 Å². The molecule has 60 heavy (non-hydrogen) atoms. The Labute approximate surface area is 351 Å². The molecule has 5 fully saturated rings. The van der Waals surface area contributed by atoms with Crippen LogP contribution in [0.1, 0.15) is 115 Å². The molecule has 328 valence electrons. The summed E-state index contributed by atoms with van der Waals surface area (Å²) in [4.78, 5) is 88.9. The van der Waals surface area contributed by atoms with Crippen molar-refractivity contribution in [3.63, 3.8) is 0 Å². The molecule has 3 N–H and O–H groups in total. The summed E-state index contributed by atoms with van der Waals surface area (Å²) in [6.45, 7) is 7.75. The normalized spacial score (nSPS) is 31.2. The summed E-state index contributed by atoms with van der Waals surface area (Å²) < 4.78 is 45.7. The van der Waals surface area contributed by atoms with Crippen LogP contribution < -0.4 is 15.4 Å². The van der Waals surface area contributed by atoms with Gasteiger partial charge in [-0.25, -0.2) is 18.0 Å². The number of rotatable bonds is 7. The fourth-order valence-electron chi connectivity index (χ4n) is 9.64. The first-order valence-corrected chi connectivity index (χ1v) is 23.2. The van der Waals surface area contributed by atoms with Crippen LogP contribution in [0.15, 0.2) is 18.2 Å². The zero-order chi connectivity index (χ0) is 42.7. The lowest BCUT2D eigenvalue weighted by molar-refractivity contribution is -0.144. The van der Waals surface area contributed by atoms with Crippen molar-refractivity contribution in [2.24, 2.45) is 11.8 Å². The molecule has 8 rings (SSSR count). The Morgan fingerprint density at radius 2 is 1.73 bits per heavy atom. The third kappa shape index (κ3) is 8.55. The minimum atomic E-state index is -3.91. The van der Waals surface area contributed by atoms with E-state index in [9.17, 15) is 32.4 Å². The number of carbonyl (C=O) groups is 6. The molecule has 1 unspecified atom stereocenters. The first kappa shape index (κ1) is 42.2. The molecular formula is C42H58N6O11S. The predicted molar refractivity (Wildman–Crippen MR) is 214 cm³/mol. The van der Waals surface area contributed by atoms with Crippen molar-refractivity contribution >= 4 is 45.8 Å². The monoisotopic (exact) mass is 854 g/mol. The van der Waals surface area contributed by atoms with Crippen molar-refractivity contribution in [3.8, 4) is 0 Å². The maximum absolute atomic E-state index is 15.0. The molecule has 17 nitrogen and oxygen atoms in total. The third-order valence-corrected chi connectivity index (χ3v) is 15.0. The van der Waals surface area contributed by atoms with E-state index in [1.165, 1.54) is 9.80 Å². The molecule has 4 aliphatic heterocycles. The number of ether oxygens (including phenoxy) is 3. The molecule has 4 bridgehead atoms. The Bertz CT molecular complexity index is 2030. The summed E-state index contributed by atoms with van der Waals surface area (Å²) >= 11 is 0. The van der Waals surface area contributed by atoms with Crippen molar-refractivity contribution < 1.29 is 51.4 Å². The lowest BCUT2D eigenvalue weighted by Gasteiger charge is -2.35. The van der Waals surface area contributed by atoms with Crippen molar-refractivity contribution in [2.45, 2.75) is 165 Å². The van der Waals surface area contributed by atoms with Crippen LogP contribution in [0.25, 0.3) is 0 Å². The highest BCUT2D eigenvalue weighted by Gasteiger charge is 2.63. The zero-order valence-corrected chi connectivity index (χ0v) is 35.7. The van der Waals surface area contributed by atoms with Crippen LogP contribution in [-0.4, -0.2) is 119 Å². The van der Waals surface area contributed by atoms with Crippen LogP contribution >= 0.6 is 0 Å². The van der Waals surface area contributed by atoms with Crippen molar-refractivity contribution in [2.75, 3.05) is 13.2 Å². The molecule has 4 heterocycles. The van der Waals surface area contributed by atoms with Gasteiger partial charge >= 0.3 is 12.2 Å². The van der Waals surface area contributed by atoms with Gasteiger partial charge < -0.3 is 29.7 Å². The zero-order valence-electron chi connectivity index (χ0n) is 34.9. The number of amides is 6. The highest BCUT2D eigenvalue weighted by atomic mass is 32.2. The molecule has 0 radical (unpaired) electrons. The molecule has 1 aromatic rings. The van der Waals surface area contributed by atoms with Crippen molar-refractivity contribution in [1.29, 1.82) is 0 Å². The smallest absolute Gasteiger partial charge is 0.413 e. The average Bonchev–Trinajstić information content (AvgIpc) is 4.15. The van der Waals surface area contributed by atoms with Crippen LogP contribution in [0.5, 0.6) is 0 Å². The van der Waals surface area contributed by atoms with Gasteiger partial charge in [0, 0.05) is 26.1 Å². The van der Waals surface area contributed by atoms with E-state index in [1.807, 2.05) is 25.1 Å². The van der Waals surface area contributed by atoms with Gasteiger partial charge in [0.05, 0.1) is 11.8 Å². The minimum absolute atomic E-state index is 0.0828. The lowest BCUT2D eigenvalue weighted by atomic mass is 9.83. The van der Waals surface area contributed by atoms with E-state index in [-0.39, 0.29) is 37.8 Å². The van der Waals surface area contributed by atoms with E-state index in [0.717, 1.165) is 36.0 Å². The van der Waals surface area contributed by atoms with Gasteiger partial charge in [0.25, 0.3) is 5.91 Å². The number of sulfonamides is 1. The number of nitrogens with one attached hydrogen (secondary N) is 3. The molecule has 1 aromatic carbocycles. The molecular weight excluding hydrogens is 797 g/mol. The van der Waals surface area contributed by atoms with Gasteiger partial charge in [-0.1, -0.05) is 50.8 Å². The van der Waals surface area contributed by atoms with E-state index in [0.29, 0.717) is 58.0 Å². The summed E-state index contributed by atoms with van der Waals surface area (Å²) in [6, 6.07) is 2.53. The van der Waals surface area contributed by atoms with Gasteiger partial charge in [0.15, 0.2) is 12.3 Å². The van der Waals surface area contributed by atoms with Crippen LogP contribution in [0.3, 0.4) is 0 Å². The molecule has 18 heteroatoms. The van der Waals surface area contributed by atoms with Crippen LogP contribution in [0, 0.1) is 11.8 Å². The summed E-state index contributed by atoms with van der Waals surface area (Å²) in [5.74, 6) is -3.26. The number of hydrogen-bond donors (Lipinski definition) is 3. The third-order valence-electron chi connectivity index (χ3n) is 13.2. The average molecular weight is 855 g/mol. The molecule has 3 saturated carbocycles. The quantitative estimate of drug-likeness (QED) is 0.340. The summed E-state index contributed by atoms with van der Waals surface area (Å²) in [5.41, 5.74) is 0.685. The Morgan fingerprint density at radius 3 is 2.42 bits per heavy atom.